The molecule has 2 aromatic carbocycles. The van der Waals surface area contributed by atoms with Crippen molar-refractivity contribution in [3.8, 4) is 22.5 Å². The van der Waals surface area contributed by atoms with Gasteiger partial charge in [-0.05, 0) is 36.4 Å². The Morgan fingerprint density at radius 3 is 2.58 bits per heavy atom. The third-order valence-electron chi connectivity index (χ3n) is 5.61. The minimum Gasteiger partial charge on any atom is -0.422 e. The summed E-state index contributed by atoms with van der Waals surface area (Å²) in [5.41, 5.74) is 3.32. The summed E-state index contributed by atoms with van der Waals surface area (Å²) >= 11 is 0. The Bertz CT molecular complexity index is 1710. The van der Waals surface area contributed by atoms with Crippen molar-refractivity contribution < 1.29 is 9.21 Å². The van der Waals surface area contributed by atoms with Gasteiger partial charge < -0.3 is 9.40 Å². The summed E-state index contributed by atoms with van der Waals surface area (Å²) in [4.78, 5) is 33.5. The number of hydrogen-bond donors (Lipinski definition) is 1. The van der Waals surface area contributed by atoms with E-state index in [9.17, 15) is 9.59 Å². The highest BCUT2D eigenvalue weighted by molar-refractivity contribution is 6.00. The van der Waals surface area contributed by atoms with Crippen LogP contribution < -0.4 is 5.63 Å². The molecule has 0 spiro atoms. The molecule has 0 unspecified atom stereocenters. The molecule has 0 fully saturated rings. The number of H-pyrrole nitrogens is 1. The number of aromatic amines is 1. The predicted molar refractivity (Wildman–Crippen MR) is 125 cm³/mol. The second-order valence-corrected chi connectivity index (χ2v) is 7.60. The number of fused-ring (bicyclic) bond motifs is 2. The number of para-hydroxylation sites is 2. The quantitative estimate of drug-likeness (QED) is 0.402. The first-order chi connectivity index (χ1) is 16.2. The Labute approximate surface area is 186 Å². The Hall–Kier alpha value is -4.78. The van der Waals surface area contributed by atoms with Crippen LogP contribution >= 0.6 is 0 Å². The van der Waals surface area contributed by atoms with Crippen LogP contribution in [0.5, 0.6) is 0 Å². The summed E-state index contributed by atoms with van der Waals surface area (Å²) in [5, 5.41) is 6.35. The van der Waals surface area contributed by atoms with E-state index < -0.39 is 5.63 Å². The average molecular weight is 432 g/mol. The van der Waals surface area contributed by atoms with Gasteiger partial charge >= 0.3 is 5.63 Å². The minimum atomic E-state index is -0.539. The van der Waals surface area contributed by atoms with Crippen molar-refractivity contribution in [2.24, 2.45) is 0 Å². The fourth-order valence-corrected chi connectivity index (χ4v) is 4.00. The first kappa shape index (κ1) is 18.9. The van der Waals surface area contributed by atoms with Crippen LogP contribution in [0.2, 0.25) is 0 Å². The lowest BCUT2D eigenvalue weighted by Gasteiger charge is -2.06. The molecule has 0 atom stereocenters. The number of carbonyl (C=O) groups is 1. The monoisotopic (exact) mass is 432 g/mol. The molecule has 0 saturated heterocycles. The summed E-state index contributed by atoms with van der Waals surface area (Å²) in [7, 11) is 0. The predicted octanol–water partition coefficient (Wildman–Crippen LogP) is 4.89. The van der Waals surface area contributed by atoms with Gasteiger partial charge in [-0.1, -0.05) is 36.4 Å². The Morgan fingerprint density at radius 2 is 1.70 bits per heavy atom. The molecule has 7 nitrogen and oxygen atoms in total. The molecule has 0 radical (unpaired) electrons. The van der Waals surface area contributed by atoms with Gasteiger partial charge in [-0.15, -0.1) is 0 Å². The molecule has 158 valence electrons. The summed E-state index contributed by atoms with van der Waals surface area (Å²) in [6.07, 6.45) is 4.93. The lowest BCUT2D eigenvalue weighted by molar-refractivity contribution is 0.0947. The maximum Gasteiger partial charge on any atom is 0.345 e. The summed E-state index contributed by atoms with van der Waals surface area (Å²) in [6.45, 7) is 0. The molecule has 0 aliphatic rings. The molecule has 6 aromatic rings. The number of hydrogen-bond acceptors (Lipinski definition) is 5. The highest BCUT2D eigenvalue weighted by Gasteiger charge is 2.22. The second-order valence-electron chi connectivity index (χ2n) is 7.60. The van der Waals surface area contributed by atoms with Crippen molar-refractivity contribution in [2.45, 2.75) is 0 Å². The van der Waals surface area contributed by atoms with Gasteiger partial charge in [0.15, 0.2) is 0 Å². The SMILES string of the molecule is O=C(c1ccncc1)n1nc(-c2c[nH]c3ccccc23)cc1-c1cc2ccccc2oc1=O. The van der Waals surface area contributed by atoms with Crippen LogP contribution in [0.15, 0.2) is 101 Å². The van der Waals surface area contributed by atoms with Crippen molar-refractivity contribution in [3.05, 3.63) is 107 Å². The van der Waals surface area contributed by atoms with Gasteiger partial charge in [-0.2, -0.15) is 9.78 Å². The topological polar surface area (TPSA) is 93.8 Å². The molecule has 0 amide bonds. The molecular formula is C26H16N4O3. The van der Waals surface area contributed by atoms with Crippen LogP contribution in [0.1, 0.15) is 10.4 Å². The van der Waals surface area contributed by atoms with E-state index in [-0.39, 0.29) is 11.5 Å². The van der Waals surface area contributed by atoms with E-state index >= 15 is 0 Å². The zero-order valence-electron chi connectivity index (χ0n) is 17.2. The molecule has 0 aliphatic carbocycles. The Kier molecular flexibility index (Phi) is 4.26. The van der Waals surface area contributed by atoms with E-state index in [1.54, 1.807) is 48.8 Å². The maximum absolute atomic E-state index is 13.4. The lowest BCUT2D eigenvalue weighted by Crippen LogP contribution is -2.17. The van der Waals surface area contributed by atoms with Crippen LogP contribution in [-0.4, -0.2) is 25.7 Å². The normalized spacial score (nSPS) is 11.3. The van der Waals surface area contributed by atoms with Crippen LogP contribution in [0.4, 0.5) is 0 Å². The summed E-state index contributed by atoms with van der Waals surface area (Å²) in [5.74, 6) is -0.369. The van der Waals surface area contributed by atoms with Crippen molar-refractivity contribution in [3.63, 3.8) is 0 Å². The maximum atomic E-state index is 13.4. The number of benzene rings is 2. The smallest absolute Gasteiger partial charge is 0.345 e. The number of nitrogens with zero attached hydrogens (tertiary/aromatic N) is 3. The van der Waals surface area contributed by atoms with E-state index in [1.807, 2.05) is 42.6 Å². The third kappa shape index (κ3) is 3.14. The van der Waals surface area contributed by atoms with Crippen molar-refractivity contribution in [2.75, 3.05) is 0 Å². The molecule has 0 saturated carbocycles. The standard InChI is InChI=1S/C26H16N4O3/c31-25(16-9-11-27-12-10-16)30-23(19-13-17-5-1-4-8-24(17)33-26(19)32)14-22(29-30)20-15-28-21-7-3-2-6-18(20)21/h1-15,28H. The van der Waals surface area contributed by atoms with Crippen molar-refractivity contribution in [1.82, 2.24) is 19.7 Å². The van der Waals surface area contributed by atoms with Crippen LogP contribution in [0.3, 0.4) is 0 Å². The van der Waals surface area contributed by atoms with Crippen LogP contribution in [-0.2, 0) is 0 Å². The van der Waals surface area contributed by atoms with Crippen molar-refractivity contribution in [1.29, 1.82) is 0 Å². The molecular weight excluding hydrogens is 416 g/mol. The Morgan fingerprint density at radius 1 is 0.909 bits per heavy atom. The number of rotatable bonds is 3. The molecule has 4 heterocycles. The molecule has 33 heavy (non-hydrogen) atoms. The molecule has 6 rings (SSSR count). The van der Waals surface area contributed by atoms with E-state index in [4.69, 9.17) is 4.42 Å². The fourth-order valence-electron chi connectivity index (χ4n) is 4.00. The van der Waals surface area contributed by atoms with Gasteiger partial charge in [-0.25, -0.2) is 4.79 Å². The van der Waals surface area contributed by atoms with E-state index in [0.717, 1.165) is 21.9 Å². The van der Waals surface area contributed by atoms with Crippen LogP contribution in [0, 0.1) is 0 Å². The van der Waals surface area contributed by atoms with E-state index in [0.29, 0.717) is 22.5 Å². The minimum absolute atomic E-state index is 0.259. The average Bonchev–Trinajstić information content (AvgIpc) is 3.48. The molecule has 0 bridgehead atoms. The number of nitrogens with one attached hydrogen (secondary N) is 1. The van der Waals surface area contributed by atoms with Gasteiger partial charge in [0.1, 0.15) is 5.58 Å². The summed E-state index contributed by atoms with van der Waals surface area (Å²) < 4.78 is 6.79. The zero-order valence-corrected chi connectivity index (χ0v) is 17.2. The van der Waals surface area contributed by atoms with Gasteiger partial charge in [0.25, 0.3) is 5.91 Å². The Balaban J connectivity index is 1.61. The first-order valence-corrected chi connectivity index (χ1v) is 10.3. The lowest BCUT2D eigenvalue weighted by atomic mass is 10.1. The third-order valence-corrected chi connectivity index (χ3v) is 5.61. The largest absolute Gasteiger partial charge is 0.422 e. The van der Waals surface area contributed by atoms with Gasteiger partial charge in [0.05, 0.1) is 17.0 Å². The van der Waals surface area contributed by atoms with Gasteiger partial charge in [0.2, 0.25) is 0 Å². The van der Waals surface area contributed by atoms with E-state index in [2.05, 4.69) is 15.1 Å². The highest BCUT2D eigenvalue weighted by Crippen LogP contribution is 2.31. The number of aromatic nitrogens is 4. The fraction of sp³-hybridized carbons (Fsp3) is 0. The molecule has 0 aliphatic heterocycles. The number of carbonyl (C=O) groups excluding carboxylic acids is 1. The molecule has 1 N–H and O–H groups in total. The van der Waals surface area contributed by atoms with Gasteiger partial charge in [-0.3, -0.25) is 9.78 Å². The summed E-state index contributed by atoms with van der Waals surface area (Å²) in [6, 6.07) is 21.8. The highest BCUT2D eigenvalue weighted by atomic mass is 16.4. The first-order valence-electron chi connectivity index (χ1n) is 10.3. The van der Waals surface area contributed by atoms with Gasteiger partial charge in [0, 0.05) is 46.0 Å². The van der Waals surface area contributed by atoms with Crippen LogP contribution in [0.25, 0.3) is 44.4 Å². The zero-order chi connectivity index (χ0) is 22.4. The van der Waals surface area contributed by atoms with Crippen molar-refractivity contribution >= 4 is 27.8 Å². The molecule has 7 heteroatoms. The number of pyridine rings is 1. The van der Waals surface area contributed by atoms with E-state index in [1.165, 1.54) is 4.68 Å². The second kappa shape index (κ2) is 7.42. The molecule has 4 aromatic heterocycles.